The fourth-order valence-corrected chi connectivity index (χ4v) is 1.26. The van der Waals surface area contributed by atoms with Crippen LogP contribution in [0.5, 0.6) is 0 Å². The van der Waals surface area contributed by atoms with Crippen LogP contribution < -0.4 is 0 Å². The Morgan fingerprint density at radius 3 is 2.56 bits per heavy atom. The van der Waals surface area contributed by atoms with E-state index in [1.165, 1.54) is 6.07 Å². The third kappa shape index (κ3) is 2.00. The number of carbonyl (C=O) groups is 1. The minimum absolute atomic E-state index is 0.103. The molecule has 1 aromatic heterocycles. The number of carbonyl (C=O) groups excluding carboxylic acids is 1. The molecular formula is C11H9NO4. The van der Waals surface area contributed by atoms with Gasteiger partial charge in [-0.1, -0.05) is 35.5 Å². The first-order valence-electron chi connectivity index (χ1n) is 4.61. The van der Waals surface area contributed by atoms with Crippen LogP contribution in [0.25, 0.3) is 11.3 Å². The molecule has 2 rings (SSSR count). The van der Waals surface area contributed by atoms with Gasteiger partial charge < -0.3 is 14.7 Å². The van der Waals surface area contributed by atoms with Crippen molar-refractivity contribution in [2.45, 2.75) is 6.29 Å². The Balaban J connectivity index is 2.30. The van der Waals surface area contributed by atoms with Gasteiger partial charge in [0, 0.05) is 11.6 Å². The van der Waals surface area contributed by atoms with E-state index < -0.39 is 12.1 Å². The number of Topliss-reactive ketones (excluding diaryl/α,β-unsaturated/α-hetero) is 1. The molecule has 5 nitrogen and oxygen atoms in total. The number of ketones is 1. The van der Waals surface area contributed by atoms with E-state index in [1.54, 1.807) is 12.1 Å². The zero-order valence-electron chi connectivity index (χ0n) is 8.20. The first kappa shape index (κ1) is 10.5. The third-order valence-corrected chi connectivity index (χ3v) is 2.06. The van der Waals surface area contributed by atoms with E-state index in [0.29, 0.717) is 5.76 Å². The Labute approximate surface area is 90.9 Å². The average molecular weight is 219 g/mol. The van der Waals surface area contributed by atoms with Crippen molar-refractivity contribution in [3.63, 3.8) is 0 Å². The van der Waals surface area contributed by atoms with E-state index in [0.717, 1.165) is 5.56 Å². The van der Waals surface area contributed by atoms with Gasteiger partial charge in [-0.25, -0.2) is 0 Å². The van der Waals surface area contributed by atoms with Crippen molar-refractivity contribution in [2.75, 3.05) is 0 Å². The molecule has 2 N–H and O–H groups in total. The lowest BCUT2D eigenvalue weighted by Crippen LogP contribution is -2.19. The second-order valence-corrected chi connectivity index (χ2v) is 3.18. The lowest BCUT2D eigenvalue weighted by molar-refractivity contribution is -0.0201. The third-order valence-electron chi connectivity index (χ3n) is 2.06. The van der Waals surface area contributed by atoms with Crippen LogP contribution in [0.1, 0.15) is 10.5 Å². The fourth-order valence-electron chi connectivity index (χ4n) is 1.26. The van der Waals surface area contributed by atoms with Crippen LogP contribution in [0.15, 0.2) is 40.9 Å². The number of benzene rings is 1. The predicted octanol–water partition coefficient (Wildman–Crippen LogP) is 0.835. The normalized spacial score (nSPS) is 10.7. The van der Waals surface area contributed by atoms with Crippen molar-refractivity contribution in [1.82, 2.24) is 5.16 Å². The quantitative estimate of drug-likeness (QED) is 0.590. The SMILES string of the molecule is O=C(c1cc(-c2ccccc2)on1)C(O)O. The van der Waals surface area contributed by atoms with Gasteiger partial charge in [0.2, 0.25) is 12.1 Å². The monoisotopic (exact) mass is 219 g/mol. The van der Waals surface area contributed by atoms with Gasteiger partial charge in [-0.3, -0.25) is 4.79 Å². The molecule has 0 saturated heterocycles. The van der Waals surface area contributed by atoms with E-state index in [4.69, 9.17) is 14.7 Å². The number of aromatic nitrogens is 1. The van der Waals surface area contributed by atoms with Gasteiger partial charge in [0.1, 0.15) is 0 Å². The molecule has 0 aliphatic carbocycles. The summed E-state index contributed by atoms with van der Waals surface area (Å²) in [7, 11) is 0. The topological polar surface area (TPSA) is 83.6 Å². The maximum atomic E-state index is 11.2. The Bertz CT molecular complexity index is 490. The predicted molar refractivity (Wildman–Crippen MR) is 54.5 cm³/mol. The molecule has 2 aromatic rings. The summed E-state index contributed by atoms with van der Waals surface area (Å²) in [6.45, 7) is 0. The van der Waals surface area contributed by atoms with Crippen molar-refractivity contribution in [2.24, 2.45) is 0 Å². The van der Waals surface area contributed by atoms with Gasteiger partial charge in [-0.05, 0) is 0 Å². The molecule has 0 saturated carbocycles. The van der Waals surface area contributed by atoms with Crippen LogP contribution in [0.4, 0.5) is 0 Å². The number of hydrogen-bond donors (Lipinski definition) is 2. The van der Waals surface area contributed by atoms with E-state index in [9.17, 15) is 4.79 Å². The van der Waals surface area contributed by atoms with Gasteiger partial charge >= 0.3 is 0 Å². The summed E-state index contributed by atoms with van der Waals surface area (Å²) in [5.74, 6) is -0.476. The zero-order valence-corrected chi connectivity index (χ0v) is 8.20. The molecule has 0 aliphatic rings. The maximum Gasteiger partial charge on any atom is 0.240 e. The number of aliphatic hydroxyl groups is 2. The molecular weight excluding hydrogens is 210 g/mol. The van der Waals surface area contributed by atoms with Crippen LogP contribution in [0.3, 0.4) is 0 Å². The molecule has 0 bridgehead atoms. The number of aliphatic hydroxyl groups excluding tert-OH is 1. The van der Waals surface area contributed by atoms with Gasteiger partial charge in [0.15, 0.2) is 11.5 Å². The molecule has 5 heteroatoms. The lowest BCUT2D eigenvalue weighted by atomic mass is 10.1. The highest BCUT2D eigenvalue weighted by atomic mass is 16.5. The summed E-state index contributed by atoms with van der Waals surface area (Å²) in [5.41, 5.74) is 0.662. The molecule has 1 aromatic carbocycles. The second-order valence-electron chi connectivity index (χ2n) is 3.18. The summed E-state index contributed by atoms with van der Waals surface area (Å²) in [6.07, 6.45) is -2.06. The Kier molecular flexibility index (Phi) is 2.80. The summed E-state index contributed by atoms with van der Waals surface area (Å²) in [5, 5.41) is 20.8. The fraction of sp³-hybridized carbons (Fsp3) is 0.0909. The summed E-state index contributed by atoms with van der Waals surface area (Å²) >= 11 is 0. The number of hydrogen-bond acceptors (Lipinski definition) is 5. The Morgan fingerprint density at radius 2 is 1.94 bits per heavy atom. The van der Waals surface area contributed by atoms with Crippen LogP contribution >= 0.6 is 0 Å². The largest absolute Gasteiger partial charge is 0.362 e. The molecule has 16 heavy (non-hydrogen) atoms. The first-order valence-corrected chi connectivity index (χ1v) is 4.61. The highest BCUT2D eigenvalue weighted by molar-refractivity contribution is 5.97. The van der Waals surface area contributed by atoms with E-state index in [-0.39, 0.29) is 5.69 Å². The van der Waals surface area contributed by atoms with Gasteiger partial charge in [-0.2, -0.15) is 0 Å². The molecule has 0 fully saturated rings. The Morgan fingerprint density at radius 1 is 1.25 bits per heavy atom. The lowest BCUT2D eigenvalue weighted by Gasteiger charge is -1.95. The van der Waals surface area contributed by atoms with E-state index in [2.05, 4.69) is 5.16 Å². The van der Waals surface area contributed by atoms with Crippen LogP contribution in [0.2, 0.25) is 0 Å². The van der Waals surface area contributed by atoms with Gasteiger partial charge in [0.05, 0.1) is 0 Å². The van der Waals surface area contributed by atoms with Gasteiger partial charge in [0.25, 0.3) is 0 Å². The highest BCUT2D eigenvalue weighted by Gasteiger charge is 2.19. The van der Waals surface area contributed by atoms with Crippen LogP contribution in [-0.2, 0) is 0 Å². The second kappa shape index (κ2) is 4.26. The standard InChI is InChI=1S/C11H9NO4/c13-10(11(14)15)8-6-9(16-12-8)7-4-2-1-3-5-7/h1-6,11,14-15H. The van der Waals surface area contributed by atoms with E-state index >= 15 is 0 Å². The summed E-state index contributed by atoms with van der Waals surface area (Å²) in [6, 6.07) is 10.5. The maximum absolute atomic E-state index is 11.2. The average Bonchev–Trinajstić information content (AvgIpc) is 2.78. The molecule has 0 amide bonds. The molecule has 1 heterocycles. The van der Waals surface area contributed by atoms with Crippen molar-refractivity contribution in [1.29, 1.82) is 0 Å². The summed E-state index contributed by atoms with van der Waals surface area (Å²) < 4.78 is 4.93. The smallest absolute Gasteiger partial charge is 0.240 e. The molecule has 0 unspecified atom stereocenters. The molecule has 0 radical (unpaired) electrons. The van der Waals surface area contributed by atoms with Gasteiger partial charge in [-0.15, -0.1) is 0 Å². The Hall–Kier alpha value is -1.98. The molecule has 0 atom stereocenters. The highest BCUT2D eigenvalue weighted by Crippen LogP contribution is 2.20. The molecule has 82 valence electrons. The van der Waals surface area contributed by atoms with Crippen molar-refractivity contribution >= 4 is 5.78 Å². The van der Waals surface area contributed by atoms with Crippen LogP contribution in [0, 0.1) is 0 Å². The summed E-state index contributed by atoms with van der Waals surface area (Å²) in [4.78, 5) is 11.2. The van der Waals surface area contributed by atoms with Crippen LogP contribution in [-0.4, -0.2) is 27.4 Å². The van der Waals surface area contributed by atoms with Crippen molar-refractivity contribution in [3.8, 4) is 11.3 Å². The minimum Gasteiger partial charge on any atom is -0.362 e. The van der Waals surface area contributed by atoms with Crippen molar-refractivity contribution < 1.29 is 19.5 Å². The first-order chi connectivity index (χ1) is 7.68. The molecule has 0 aliphatic heterocycles. The minimum atomic E-state index is -2.06. The molecule has 0 spiro atoms. The van der Waals surface area contributed by atoms with E-state index in [1.807, 2.05) is 18.2 Å². The number of rotatable bonds is 3. The zero-order chi connectivity index (χ0) is 11.5. The number of nitrogens with zero attached hydrogens (tertiary/aromatic N) is 1. The van der Waals surface area contributed by atoms with Crippen molar-refractivity contribution in [3.05, 3.63) is 42.1 Å².